The molecule has 2 aromatic rings. The highest BCUT2D eigenvalue weighted by Crippen LogP contribution is 2.25. The fourth-order valence-corrected chi connectivity index (χ4v) is 4.19. The molecule has 0 radical (unpaired) electrons. The van der Waals surface area contributed by atoms with E-state index in [0.717, 1.165) is 15.8 Å². The lowest BCUT2D eigenvalue weighted by molar-refractivity contribution is 0.603. The van der Waals surface area contributed by atoms with Crippen molar-refractivity contribution in [3.05, 3.63) is 39.4 Å². The van der Waals surface area contributed by atoms with Crippen molar-refractivity contribution >= 4 is 60.2 Å². The molecule has 0 bridgehead atoms. The van der Waals surface area contributed by atoms with Gasteiger partial charge in [0.15, 0.2) is 4.21 Å². The first-order chi connectivity index (χ1) is 9.29. The smallest absolute Gasteiger partial charge is 0.273 e. The van der Waals surface area contributed by atoms with Crippen molar-refractivity contribution in [1.82, 2.24) is 4.98 Å². The average Bonchev–Trinajstić information content (AvgIpc) is 2.78. The molecule has 9 heteroatoms. The van der Waals surface area contributed by atoms with Crippen LogP contribution in [0, 0.1) is 6.92 Å². The van der Waals surface area contributed by atoms with Crippen molar-refractivity contribution in [3.8, 4) is 0 Å². The molecule has 1 heterocycles. The predicted octanol–water partition coefficient (Wildman–Crippen LogP) is 2.65. The number of hydrogen-bond acceptors (Lipinski definition) is 5. The Kier molecular flexibility index (Phi) is 4.43. The minimum absolute atomic E-state index is 0.115. The van der Waals surface area contributed by atoms with Crippen LogP contribution in [0.3, 0.4) is 0 Å². The number of benzene rings is 1. The van der Waals surface area contributed by atoms with Gasteiger partial charge in [-0.1, -0.05) is 28.1 Å². The predicted molar refractivity (Wildman–Crippen MR) is 87.7 cm³/mol. The van der Waals surface area contributed by atoms with Gasteiger partial charge in [-0.3, -0.25) is 4.72 Å². The molecular weight excluding hydrogens is 382 g/mol. The number of nitrogens with one attached hydrogen (secondary N) is 1. The van der Waals surface area contributed by atoms with E-state index in [1.807, 2.05) is 0 Å². The van der Waals surface area contributed by atoms with Crippen LogP contribution in [0.15, 0.2) is 33.1 Å². The molecule has 0 amide bonds. The number of nitrogens with two attached hydrogens (primary N) is 1. The summed E-state index contributed by atoms with van der Waals surface area (Å²) in [5.74, 6) is 0. The van der Waals surface area contributed by atoms with Gasteiger partial charge in [0.1, 0.15) is 4.99 Å². The Balaban J connectivity index is 2.42. The standard InChI is InChI=1S/C11H10BrN3O2S3/c1-6-14-5-10(19-6)20(16,17)15-9-3-2-7(12)4-8(9)11(13)18/h2-5,15H,1H3,(H2,13,18). The van der Waals surface area contributed by atoms with E-state index < -0.39 is 10.0 Å². The molecule has 0 unspecified atom stereocenters. The fraction of sp³-hybridized carbons (Fsp3) is 0.0909. The van der Waals surface area contributed by atoms with Gasteiger partial charge < -0.3 is 5.73 Å². The van der Waals surface area contributed by atoms with Crippen molar-refractivity contribution in [2.45, 2.75) is 11.1 Å². The van der Waals surface area contributed by atoms with Crippen molar-refractivity contribution in [2.75, 3.05) is 4.72 Å². The number of thiazole rings is 1. The molecule has 20 heavy (non-hydrogen) atoms. The van der Waals surface area contributed by atoms with Crippen LogP contribution in [-0.4, -0.2) is 18.4 Å². The Hall–Kier alpha value is -1.03. The number of halogens is 1. The average molecular weight is 392 g/mol. The maximum absolute atomic E-state index is 12.2. The number of rotatable bonds is 4. The summed E-state index contributed by atoms with van der Waals surface area (Å²) in [5, 5.41) is 0.677. The van der Waals surface area contributed by atoms with E-state index in [0.29, 0.717) is 16.3 Å². The summed E-state index contributed by atoms with van der Waals surface area (Å²) in [7, 11) is -3.69. The summed E-state index contributed by atoms with van der Waals surface area (Å²) >= 11 is 9.32. The Morgan fingerprint density at radius 2 is 2.20 bits per heavy atom. The largest absolute Gasteiger partial charge is 0.389 e. The van der Waals surface area contributed by atoms with E-state index >= 15 is 0 Å². The Morgan fingerprint density at radius 3 is 2.75 bits per heavy atom. The first kappa shape index (κ1) is 15.4. The van der Waals surface area contributed by atoms with E-state index in [9.17, 15) is 8.42 Å². The Morgan fingerprint density at radius 1 is 1.50 bits per heavy atom. The van der Waals surface area contributed by atoms with Crippen molar-refractivity contribution in [3.63, 3.8) is 0 Å². The minimum atomic E-state index is -3.69. The Labute approximate surface area is 134 Å². The molecule has 2 rings (SSSR count). The van der Waals surface area contributed by atoms with Crippen molar-refractivity contribution in [2.24, 2.45) is 5.73 Å². The summed E-state index contributed by atoms with van der Waals surface area (Å²) < 4.78 is 27.9. The number of thiocarbonyl (C=S) groups is 1. The quantitative estimate of drug-likeness (QED) is 0.782. The van der Waals surface area contributed by atoms with E-state index in [4.69, 9.17) is 18.0 Å². The topological polar surface area (TPSA) is 85.1 Å². The second-order valence-corrected chi connectivity index (χ2v) is 8.36. The van der Waals surface area contributed by atoms with Crippen LogP contribution in [-0.2, 0) is 10.0 Å². The van der Waals surface area contributed by atoms with Crippen molar-refractivity contribution in [1.29, 1.82) is 0 Å². The van der Waals surface area contributed by atoms with Crippen LogP contribution in [0.25, 0.3) is 0 Å². The van der Waals surface area contributed by atoms with Crippen LogP contribution < -0.4 is 10.5 Å². The third kappa shape index (κ3) is 3.35. The molecule has 5 nitrogen and oxygen atoms in total. The van der Waals surface area contributed by atoms with Gasteiger partial charge in [-0.25, -0.2) is 13.4 Å². The molecule has 0 saturated heterocycles. The van der Waals surface area contributed by atoms with Gasteiger partial charge in [0.05, 0.1) is 16.9 Å². The summed E-state index contributed by atoms with van der Waals surface area (Å²) in [4.78, 5) is 4.05. The number of aryl methyl sites for hydroxylation is 1. The summed E-state index contributed by atoms with van der Waals surface area (Å²) in [6.45, 7) is 1.74. The lowest BCUT2D eigenvalue weighted by Crippen LogP contribution is -2.17. The highest BCUT2D eigenvalue weighted by molar-refractivity contribution is 9.10. The number of aromatic nitrogens is 1. The number of hydrogen-bond donors (Lipinski definition) is 2. The number of nitrogens with zero attached hydrogens (tertiary/aromatic N) is 1. The van der Waals surface area contributed by atoms with E-state index in [-0.39, 0.29) is 9.20 Å². The highest BCUT2D eigenvalue weighted by Gasteiger charge is 2.19. The third-order valence-electron chi connectivity index (χ3n) is 2.36. The molecule has 0 saturated carbocycles. The van der Waals surface area contributed by atoms with Crippen LogP contribution >= 0.6 is 39.5 Å². The lowest BCUT2D eigenvalue weighted by Gasteiger charge is -2.11. The second kappa shape index (κ2) is 5.76. The van der Waals surface area contributed by atoms with Gasteiger partial charge in [0.25, 0.3) is 10.0 Å². The molecule has 0 atom stereocenters. The van der Waals surface area contributed by atoms with Crippen LogP contribution in [0.1, 0.15) is 10.6 Å². The van der Waals surface area contributed by atoms with Gasteiger partial charge in [0, 0.05) is 10.0 Å². The first-order valence-electron chi connectivity index (χ1n) is 5.34. The number of sulfonamides is 1. The van der Waals surface area contributed by atoms with Crippen LogP contribution in [0.2, 0.25) is 0 Å². The number of anilines is 1. The monoisotopic (exact) mass is 391 g/mol. The van der Waals surface area contributed by atoms with E-state index in [1.165, 1.54) is 6.20 Å². The van der Waals surface area contributed by atoms with E-state index in [1.54, 1.807) is 25.1 Å². The summed E-state index contributed by atoms with van der Waals surface area (Å²) in [5.41, 5.74) is 6.41. The van der Waals surface area contributed by atoms with Gasteiger partial charge in [-0.15, -0.1) is 11.3 Å². The molecule has 0 spiro atoms. The first-order valence-corrected chi connectivity index (χ1v) is 8.84. The van der Waals surface area contributed by atoms with E-state index in [2.05, 4.69) is 25.6 Å². The zero-order valence-corrected chi connectivity index (χ0v) is 14.3. The van der Waals surface area contributed by atoms with Gasteiger partial charge in [0.2, 0.25) is 0 Å². The fourth-order valence-electron chi connectivity index (χ4n) is 1.47. The molecule has 0 aliphatic heterocycles. The molecule has 106 valence electrons. The molecule has 0 aliphatic carbocycles. The molecule has 0 fully saturated rings. The molecular formula is C11H10BrN3O2S3. The third-order valence-corrected chi connectivity index (χ3v) is 5.81. The zero-order valence-electron chi connectivity index (χ0n) is 10.3. The minimum Gasteiger partial charge on any atom is -0.389 e. The highest BCUT2D eigenvalue weighted by atomic mass is 79.9. The Bertz CT molecular complexity index is 771. The zero-order chi connectivity index (χ0) is 14.9. The lowest BCUT2D eigenvalue weighted by atomic mass is 10.2. The van der Waals surface area contributed by atoms with Crippen LogP contribution in [0.4, 0.5) is 5.69 Å². The normalized spacial score (nSPS) is 11.3. The van der Waals surface area contributed by atoms with Gasteiger partial charge in [-0.2, -0.15) is 0 Å². The summed E-state index contributed by atoms with van der Waals surface area (Å²) in [6, 6.07) is 4.97. The maximum atomic E-state index is 12.2. The molecule has 1 aromatic carbocycles. The SMILES string of the molecule is Cc1ncc(S(=O)(=O)Nc2ccc(Br)cc2C(N)=S)s1. The van der Waals surface area contributed by atoms with Crippen molar-refractivity contribution < 1.29 is 8.42 Å². The van der Waals surface area contributed by atoms with Gasteiger partial charge in [-0.05, 0) is 25.1 Å². The van der Waals surface area contributed by atoms with Gasteiger partial charge >= 0.3 is 0 Å². The summed E-state index contributed by atoms with van der Waals surface area (Å²) in [6.07, 6.45) is 1.32. The molecule has 0 aliphatic rings. The molecule has 1 aromatic heterocycles. The maximum Gasteiger partial charge on any atom is 0.273 e. The molecule has 3 N–H and O–H groups in total. The van der Waals surface area contributed by atoms with Crippen LogP contribution in [0.5, 0.6) is 0 Å². The second-order valence-electron chi connectivity index (χ2n) is 3.86.